The fourth-order valence-electron chi connectivity index (χ4n) is 2.02. The van der Waals surface area contributed by atoms with E-state index >= 15 is 0 Å². The maximum atomic E-state index is 6.27. The lowest BCUT2D eigenvalue weighted by Gasteiger charge is -2.14. The maximum absolute atomic E-state index is 6.27. The summed E-state index contributed by atoms with van der Waals surface area (Å²) < 4.78 is 7.45. The van der Waals surface area contributed by atoms with Gasteiger partial charge in [0.15, 0.2) is 0 Å². The van der Waals surface area contributed by atoms with Crippen LogP contribution in [0.3, 0.4) is 0 Å². The number of rotatable bonds is 6. The van der Waals surface area contributed by atoms with Crippen LogP contribution in [0.15, 0.2) is 30.5 Å². The Bertz CT molecular complexity index is 568. The van der Waals surface area contributed by atoms with E-state index in [0.717, 1.165) is 17.8 Å². The molecule has 1 aromatic heterocycles. The number of hydrogen-bond donors (Lipinski definition) is 1. The molecule has 0 aliphatic heterocycles. The molecule has 1 atom stereocenters. The van der Waals surface area contributed by atoms with Gasteiger partial charge in [-0.1, -0.05) is 24.6 Å². The van der Waals surface area contributed by atoms with Gasteiger partial charge in [-0.25, -0.2) is 0 Å². The van der Waals surface area contributed by atoms with Crippen LogP contribution >= 0.6 is 11.6 Å². The minimum absolute atomic E-state index is 0.280. The quantitative estimate of drug-likeness (QED) is 0.888. The van der Waals surface area contributed by atoms with Crippen molar-refractivity contribution in [1.29, 1.82) is 0 Å². The lowest BCUT2D eigenvalue weighted by molar-refractivity contribution is 0.300. The molecule has 1 heterocycles. The second-order valence-electron chi connectivity index (χ2n) is 4.74. The molecule has 0 aliphatic carbocycles. The lowest BCUT2D eigenvalue weighted by Crippen LogP contribution is -2.17. The molecule has 1 N–H and O–H groups in total. The fraction of sp³-hybridized carbons (Fsp3) is 0.400. The molecule has 0 radical (unpaired) electrons. The van der Waals surface area contributed by atoms with Crippen molar-refractivity contribution in [3.8, 4) is 5.75 Å². The molecule has 2 aromatic rings. The van der Waals surface area contributed by atoms with Crippen molar-refractivity contribution in [2.75, 3.05) is 6.54 Å². The van der Waals surface area contributed by atoms with Crippen molar-refractivity contribution in [3.63, 3.8) is 0 Å². The van der Waals surface area contributed by atoms with E-state index in [1.807, 2.05) is 37.5 Å². The van der Waals surface area contributed by atoms with Crippen molar-refractivity contribution in [1.82, 2.24) is 15.1 Å². The van der Waals surface area contributed by atoms with Crippen LogP contribution < -0.4 is 10.1 Å². The van der Waals surface area contributed by atoms with Gasteiger partial charge in [-0.2, -0.15) is 5.10 Å². The maximum Gasteiger partial charge on any atom is 0.138 e. The number of aromatic nitrogens is 2. The van der Waals surface area contributed by atoms with Crippen molar-refractivity contribution in [2.45, 2.75) is 26.5 Å². The summed E-state index contributed by atoms with van der Waals surface area (Å²) in [5.41, 5.74) is 2.04. The molecule has 0 amide bonds. The third-order valence-corrected chi connectivity index (χ3v) is 3.41. The van der Waals surface area contributed by atoms with Gasteiger partial charge in [0.05, 0.1) is 10.7 Å². The van der Waals surface area contributed by atoms with Crippen LogP contribution in [-0.4, -0.2) is 16.3 Å². The van der Waals surface area contributed by atoms with Gasteiger partial charge in [0, 0.05) is 19.3 Å². The standard InChI is InChI=1S/C15H20ClN3O/c1-4-17-11(2)12-5-6-15(14(16)9-12)20-10-13-7-8-19(3)18-13/h5-9,11,17H,4,10H2,1-3H3. The summed E-state index contributed by atoms with van der Waals surface area (Å²) in [6.45, 7) is 5.55. The highest BCUT2D eigenvalue weighted by molar-refractivity contribution is 6.32. The first kappa shape index (κ1) is 14.9. The van der Waals surface area contributed by atoms with Gasteiger partial charge in [-0.05, 0) is 37.2 Å². The van der Waals surface area contributed by atoms with E-state index in [1.54, 1.807) is 4.68 Å². The number of halogens is 1. The highest BCUT2D eigenvalue weighted by atomic mass is 35.5. The molecule has 0 saturated heterocycles. The molecule has 0 spiro atoms. The summed E-state index contributed by atoms with van der Waals surface area (Å²) in [5, 5.41) is 8.25. The molecule has 1 aromatic carbocycles. The molecule has 4 nitrogen and oxygen atoms in total. The smallest absolute Gasteiger partial charge is 0.138 e. The Morgan fingerprint density at radius 2 is 2.20 bits per heavy atom. The normalized spacial score (nSPS) is 12.4. The molecule has 0 saturated carbocycles. The molecule has 0 fully saturated rings. The van der Waals surface area contributed by atoms with Gasteiger partial charge >= 0.3 is 0 Å². The molecule has 0 bridgehead atoms. The topological polar surface area (TPSA) is 39.1 Å². The van der Waals surface area contributed by atoms with Gasteiger partial charge in [0.2, 0.25) is 0 Å². The number of nitrogens with zero attached hydrogens (tertiary/aromatic N) is 2. The Kier molecular flexibility index (Phi) is 5.04. The molecular weight excluding hydrogens is 274 g/mol. The number of benzene rings is 1. The van der Waals surface area contributed by atoms with Crippen molar-refractivity contribution in [3.05, 3.63) is 46.7 Å². The molecular formula is C15H20ClN3O. The van der Waals surface area contributed by atoms with Crippen LogP contribution in [-0.2, 0) is 13.7 Å². The zero-order chi connectivity index (χ0) is 14.5. The van der Waals surface area contributed by atoms with E-state index in [9.17, 15) is 0 Å². The summed E-state index contributed by atoms with van der Waals surface area (Å²) in [7, 11) is 1.88. The summed E-state index contributed by atoms with van der Waals surface area (Å²) in [5.74, 6) is 0.685. The van der Waals surface area contributed by atoms with Crippen molar-refractivity contribution in [2.24, 2.45) is 7.05 Å². The molecule has 20 heavy (non-hydrogen) atoms. The lowest BCUT2D eigenvalue weighted by atomic mass is 10.1. The van der Waals surface area contributed by atoms with Crippen LogP contribution in [0.2, 0.25) is 5.02 Å². The van der Waals surface area contributed by atoms with Gasteiger partial charge in [0.25, 0.3) is 0 Å². The second kappa shape index (κ2) is 6.77. The Labute approximate surface area is 124 Å². The van der Waals surface area contributed by atoms with E-state index in [4.69, 9.17) is 16.3 Å². The number of ether oxygens (including phenoxy) is 1. The monoisotopic (exact) mass is 293 g/mol. The summed E-state index contributed by atoms with van der Waals surface area (Å²) >= 11 is 6.27. The van der Waals surface area contributed by atoms with Gasteiger partial charge in [0.1, 0.15) is 12.4 Å². The molecule has 2 rings (SSSR count). The predicted octanol–water partition coefficient (Wildman–Crippen LogP) is 3.32. The summed E-state index contributed by atoms with van der Waals surface area (Å²) in [6, 6.07) is 8.10. The summed E-state index contributed by atoms with van der Waals surface area (Å²) in [6.07, 6.45) is 1.89. The Balaban J connectivity index is 2.02. The average Bonchev–Trinajstić information content (AvgIpc) is 2.83. The largest absolute Gasteiger partial charge is 0.486 e. The van der Waals surface area contributed by atoms with E-state index in [-0.39, 0.29) is 6.04 Å². The minimum Gasteiger partial charge on any atom is -0.486 e. The second-order valence-corrected chi connectivity index (χ2v) is 5.15. The van der Waals surface area contributed by atoms with E-state index in [2.05, 4.69) is 24.3 Å². The third-order valence-electron chi connectivity index (χ3n) is 3.11. The highest BCUT2D eigenvalue weighted by Crippen LogP contribution is 2.28. The highest BCUT2D eigenvalue weighted by Gasteiger charge is 2.08. The Morgan fingerprint density at radius 1 is 1.40 bits per heavy atom. The van der Waals surface area contributed by atoms with Crippen molar-refractivity contribution >= 4 is 11.6 Å². The van der Waals surface area contributed by atoms with Gasteiger partial charge < -0.3 is 10.1 Å². The Morgan fingerprint density at radius 3 is 2.80 bits per heavy atom. The molecule has 1 unspecified atom stereocenters. The fourth-order valence-corrected chi connectivity index (χ4v) is 2.26. The van der Waals surface area contributed by atoms with E-state index < -0.39 is 0 Å². The predicted molar refractivity (Wildman–Crippen MR) is 81.1 cm³/mol. The number of aryl methyl sites for hydroxylation is 1. The number of nitrogens with one attached hydrogen (secondary N) is 1. The third kappa shape index (κ3) is 3.74. The first-order valence-corrected chi connectivity index (χ1v) is 7.12. The van der Waals surface area contributed by atoms with Gasteiger partial charge in [-0.15, -0.1) is 0 Å². The zero-order valence-electron chi connectivity index (χ0n) is 12.1. The van der Waals surface area contributed by atoms with Crippen molar-refractivity contribution < 1.29 is 4.74 Å². The summed E-state index contributed by atoms with van der Waals surface area (Å²) in [4.78, 5) is 0. The van der Waals surface area contributed by atoms with Crippen LogP contribution in [0.1, 0.15) is 31.1 Å². The van der Waals surface area contributed by atoms with E-state index in [0.29, 0.717) is 17.4 Å². The molecule has 0 aliphatic rings. The minimum atomic E-state index is 0.280. The van der Waals surface area contributed by atoms with Crippen LogP contribution in [0, 0.1) is 0 Å². The first-order chi connectivity index (χ1) is 9.60. The average molecular weight is 294 g/mol. The van der Waals surface area contributed by atoms with Gasteiger partial charge in [-0.3, -0.25) is 4.68 Å². The van der Waals surface area contributed by atoms with Crippen LogP contribution in [0.5, 0.6) is 5.75 Å². The number of hydrogen-bond acceptors (Lipinski definition) is 3. The zero-order valence-corrected chi connectivity index (χ0v) is 12.8. The van der Waals surface area contributed by atoms with Crippen LogP contribution in [0.4, 0.5) is 0 Å². The SMILES string of the molecule is CCNC(C)c1ccc(OCc2ccn(C)n2)c(Cl)c1. The Hall–Kier alpha value is -1.52. The first-order valence-electron chi connectivity index (χ1n) is 6.74. The molecule has 5 heteroatoms. The molecule has 108 valence electrons. The van der Waals surface area contributed by atoms with Crippen LogP contribution in [0.25, 0.3) is 0 Å². The van der Waals surface area contributed by atoms with E-state index in [1.165, 1.54) is 0 Å².